The quantitative estimate of drug-likeness (QED) is 0.758. The molecule has 0 atom stereocenters. The van der Waals surface area contributed by atoms with Crippen molar-refractivity contribution >= 4 is 34.4 Å². The first-order chi connectivity index (χ1) is 12.0. The van der Waals surface area contributed by atoms with E-state index < -0.39 is 5.97 Å². The maximum Gasteiger partial charge on any atom is 0.347 e. The molecule has 6 nitrogen and oxygen atoms in total. The number of thiazole rings is 1. The number of carboxylic acids is 1. The van der Waals surface area contributed by atoms with Crippen LogP contribution in [0.4, 0.5) is 0 Å². The lowest BCUT2D eigenvalue weighted by atomic mass is 10.1. The molecular formula is C18H16N2O4S. The minimum atomic E-state index is -1.07. The average Bonchev–Trinajstić information content (AvgIpc) is 3.02. The smallest absolute Gasteiger partial charge is 0.347 e. The highest BCUT2D eigenvalue weighted by atomic mass is 32.1. The second-order valence-electron chi connectivity index (χ2n) is 5.32. The highest BCUT2D eigenvalue weighted by Gasteiger charge is 2.13. The van der Waals surface area contributed by atoms with Gasteiger partial charge in [-0.15, -0.1) is 0 Å². The van der Waals surface area contributed by atoms with Gasteiger partial charge in [0.05, 0.1) is 12.3 Å². The fraction of sp³-hybridized carbons (Fsp3) is 0.167. The van der Waals surface area contributed by atoms with E-state index in [4.69, 9.17) is 9.84 Å². The molecule has 25 heavy (non-hydrogen) atoms. The number of nitrogens with zero attached hydrogens (tertiary/aromatic N) is 2. The Morgan fingerprint density at radius 1 is 1.40 bits per heavy atom. The summed E-state index contributed by atoms with van der Waals surface area (Å²) in [5.74, 6) is -0.299. The first-order valence-corrected chi connectivity index (χ1v) is 8.48. The Balaban J connectivity index is 2.01. The normalized spacial score (nSPS) is 11.3. The highest BCUT2D eigenvalue weighted by molar-refractivity contribution is 7.18. The third kappa shape index (κ3) is 3.46. The van der Waals surface area contributed by atoms with E-state index >= 15 is 0 Å². The zero-order valence-electron chi connectivity index (χ0n) is 13.7. The van der Waals surface area contributed by atoms with Crippen molar-refractivity contribution < 1.29 is 14.6 Å². The average molecular weight is 356 g/mol. The third-order valence-corrected chi connectivity index (χ3v) is 4.58. The van der Waals surface area contributed by atoms with Crippen LogP contribution < -0.4 is 10.3 Å². The van der Waals surface area contributed by atoms with Gasteiger partial charge in [0.2, 0.25) is 0 Å². The van der Waals surface area contributed by atoms with Crippen LogP contribution in [0, 0.1) is 6.92 Å². The summed E-state index contributed by atoms with van der Waals surface area (Å²) in [6.45, 7) is 4.19. The second kappa shape index (κ2) is 6.90. The molecule has 0 spiro atoms. The van der Waals surface area contributed by atoms with E-state index in [0.717, 1.165) is 22.6 Å². The number of aromatic carboxylic acids is 1. The summed E-state index contributed by atoms with van der Waals surface area (Å²) in [6, 6.07) is 7.59. The predicted octanol–water partition coefficient (Wildman–Crippen LogP) is 3.33. The van der Waals surface area contributed by atoms with Crippen molar-refractivity contribution in [2.75, 3.05) is 6.61 Å². The van der Waals surface area contributed by atoms with Crippen LogP contribution in [0.3, 0.4) is 0 Å². The van der Waals surface area contributed by atoms with Gasteiger partial charge in [-0.05, 0) is 37.6 Å². The van der Waals surface area contributed by atoms with Crippen LogP contribution >= 0.6 is 11.3 Å². The first-order valence-electron chi connectivity index (χ1n) is 7.66. The van der Waals surface area contributed by atoms with Crippen molar-refractivity contribution in [3.63, 3.8) is 0 Å². The fourth-order valence-corrected chi connectivity index (χ4v) is 3.18. The molecule has 2 aromatic heterocycles. The first kappa shape index (κ1) is 16.9. The molecule has 1 N–H and O–H groups in total. The summed E-state index contributed by atoms with van der Waals surface area (Å²) in [7, 11) is 0. The van der Waals surface area contributed by atoms with Gasteiger partial charge in [0, 0.05) is 11.8 Å². The van der Waals surface area contributed by atoms with Gasteiger partial charge in [-0.25, -0.2) is 9.78 Å². The number of ether oxygens (including phenoxy) is 1. The predicted molar refractivity (Wildman–Crippen MR) is 97.6 cm³/mol. The molecule has 0 aliphatic rings. The molecule has 1 aromatic carbocycles. The van der Waals surface area contributed by atoms with Gasteiger partial charge in [0.1, 0.15) is 10.6 Å². The second-order valence-corrected chi connectivity index (χ2v) is 6.33. The van der Waals surface area contributed by atoms with Crippen LogP contribution in [-0.2, 0) is 0 Å². The number of hydrogen-bond donors (Lipinski definition) is 1. The molecule has 0 amide bonds. The molecule has 0 fully saturated rings. The number of aromatic nitrogens is 2. The zero-order chi connectivity index (χ0) is 18.0. The molecule has 0 saturated heterocycles. The number of rotatable bonds is 5. The molecule has 0 aliphatic carbocycles. The Kier molecular flexibility index (Phi) is 4.67. The van der Waals surface area contributed by atoms with E-state index in [2.05, 4.69) is 4.98 Å². The zero-order valence-corrected chi connectivity index (χ0v) is 14.5. The Labute approximate surface area is 147 Å². The van der Waals surface area contributed by atoms with Gasteiger partial charge in [0.25, 0.3) is 5.56 Å². The van der Waals surface area contributed by atoms with Crippen LogP contribution in [0.5, 0.6) is 5.75 Å². The lowest BCUT2D eigenvalue weighted by molar-refractivity contribution is 0.0701. The van der Waals surface area contributed by atoms with Crippen molar-refractivity contribution in [1.82, 2.24) is 9.38 Å². The molecule has 2 heterocycles. The van der Waals surface area contributed by atoms with E-state index in [9.17, 15) is 9.59 Å². The van der Waals surface area contributed by atoms with E-state index in [-0.39, 0.29) is 10.4 Å². The Morgan fingerprint density at radius 3 is 2.92 bits per heavy atom. The third-order valence-electron chi connectivity index (χ3n) is 3.61. The highest BCUT2D eigenvalue weighted by Crippen LogP contribution is 2.18. The van der Waals surface area contributed by atoms with E-state index in [0.29, 0.717) is 22.8 Å². The summed E-state index contributed by atoms with van der Waals surface area (Å²) in [4.78, 5) is 28.4. The Morgan fingerprint density at radius 2 is 2.20 bits per heavy atom. The van der Waals surface area contributed by atoms with Crippen molar-refractivity contribution in [2.24, 2.45) is 0 Å². The van der Waals surface area contributed by atoms with Crippen molar-refractivity contribution in [3.8, 4) is 5.75 Å². The van der Waals surface area contributed by atoms with Gasteiger partial charge in [-0.3, -0.25) is 9.20 Å². The molecule has 0 aliphatic heterocycles. The molecule has 128 valence electrons. The largest absolute Gasteiger partial charge is 0.494 e. The van der Waals surface area contributed by atoms with Gasteiger partial charge < -0.3 is 9.84 Å². The lowest BCUT2D eigenvalue weighted by Gasteiger charge is -2.03. The van der Waals surface area contributed by atoms with Gasteiger partial charge in [0.15, 0.2) is 4.96 Å². The molecule has 3 rings (SSSR count). The molecule has 0 radical (unpaired) electrons. The standard InChI is InChI=1S/C18H16N2O4S/c1-3-24-13-6-4-5-12(9-13)7-8-14-11(2)16(21)20-10-15(17(22)23)25-18(20)19-14/h4-10H,3H2,1-2H3,(H,22,23)/b8-7+. The van der Waals surface area contributed by atoms with Gasteiger partial charge in [-0.1, -0.05) is 29.5 Å². The van der Waals surface area contributed by atoms with E-state index in [1.54, 1.807) is 13.0 Å². The molecule has 7 heteroatoms. The minimum Gasteiger partial charge on any atom is -0.494 e. The Bertz CT molecular complexity index is 1030. The van der Waals surface area contributed by atoms with E-state index in [1.165, 1.54) is 10.6 Å². The maximum atomic E-state index is 12.4. The summed E-state index contributed by atoms with van der Waals surface area (Å²) >= 11 is 0.972. The minimum absolute atomic E-state index is 0.0783. The van der Waals surface area contributed by atoms with Gasteiger partial charge >= 0.3 is 5.97 Å². The molecule has 3 aromatic rings. The van der Waals surface area contributed by atoms with E-state index in [1.807, 2.05) is 37.3 Å². The summed E-state index contributed by atoms with van der Waals surface area (Å²) in [5.41, 5.74) is 1.64. The van der Waals surface area contributed by atoms with Crippen molar-refractivity contribution in [1.29, 1.82) is 0 Å². The topological polar surface area (TPSA) is 80.9 Å². The molecular weight excluding hydrogens is 340 g/mol. The lowest BCUT2D eigenvalue weighted by Crippen LogP contribution is -2.17. The number of carboxylic acid groups (broad SMARTS) is 1. The van der Waals surface area contributed by atoms with Crippen LogP contribution in [0.25, 0.3) is 17.1 Å². The number of hydrogen-bond acceptors (Lipinski definition) is 5. The van der Waals surface area contributed by atoms with Crippen LogP contribution in [0.15, 0.2) is 35.3 Å². The van der Waals surface area contributed by atoms with Crippen molar-refractivity contribution in [3.05, 3.63) is 62.5 Å². The van der Waals surface area contributed by atoms with Gasteiger partial charge in [-0.2, -0.15) is 0 Å². The molecule has 0 bridgehead atoms. The van der Waals surface area contributed by atoms with Crippen molar-refractivity contribution in [2.45, 2.75) is 13.8 Å². The number of carbonyl (C=O) groups is 1. The maximum absolute atomic E-state index is 12.4. The summed E-state index contributed by atoms with van der Waals surface area (Å²) in [6.07, 6.45) is 4.91. The van der Waals surface area contributed by atoms with Crippen LogP contribution in [0.1, 0.15) is 33.4 Å². The molecule has 0 saturated carbocycles. The Hall–Kier alpha value is -2.93. The number of fused-ring (bicyclic) bond motifs is 1. The molecule has 0 unspecified atom stereocenters. The van der Waals surface area contributed by atoms with Crippen LogP contribution in [0.2, 0.25) is 0 Å². The fourth-order valence-electron chi connectivity index (χ4n) is 2.36. The summed E-state index contributed by atoms with van der Waals surface area (Å²) in [5, 5.41) is 9.08. The van der Waals surface area contributed by atoms with Crippen LogP contribution in [-0.4, -0.2) is 27.1 Å². The summed E-state index contributed by atoms with van der Waals surface area (Å²) < 4.78 is 6.74. The monoisotopic (exact) mass is 356 g/mol. The number of benzene rings is 1. The SMILES string of the molecule is CCOc1cccc(/C=C/c2nc3sc(C(=O)O)cn3c(=O)c2C)c1.